The van der Waals surface area contributed by atoms with E-state index >= 15 is 0 Å². The summed E-state index contributed by atoms with van der Waals surface area (Å²) in [5, 5.41) is 2.80. The minimum absolute atomic E-state index is 0.0202. The van der Waals surface area contributed by atoms with Crippen molar-refractivity contribution < 1.29 is 19.1 Å². The molecule has 2 aromatic carbocycles. The topological polar surface area (TPSA) is 93.9 Å². The maximum Gasteiger partial charge on any atom is 0.260 e. The molecule has 1 unspecified atom stereocenters. The minimum Gasteiger partial charge on any atom is -0.484 e. The van der Waals surface area contributed by atoms with Crippen molar-refractivity contribution in [2.75, 3.05) is 38.2 Å². The molecule has 148 valence electrons. The van der Waals surface area contributed by atoms with E-state index in [0.717, 1.165) is 5.56 Å². The van der Waals surface area contributed by atoms with Crippen LogP contribution in [0.2, 0.25) is 0 Å². The number of nitrogens with two attached hydrogens (primary N) is 1. The normalized spacial score (nSPS) is 15.0. The van der Waals surface area contributed by atoms with Crippen LogP contribution in [0.4, 0.5) is 5.69 Å². The van der Waals surface area contributed by atoms with E-state index in [-0.39, 0.29) is 18.4 Å². The molecule has 0 aliphatic carbocycles. The minimum atomic E-state index is -0.635. The number of benzene rings is 2. The lowest BCUT2D eigenvalue weighted by Gasteiger charge is -2.26. The van der Waals surface area contributed by atoms with Crippen molar-refractivity contribution in [3.05, 3.63) is 60.2 Å². The summed E-state index contributed by atoms with van der Waals surface area (Å²) in [6.45, 7) is 2.29. The summed E-state index contributed by atoms with van der Waals surface area (Å²) in [4.78, 5) is 26.1. The van der Waals surface area contributed by atoms with Crippen LogP contribution in [0.15, 0.2) is 54.6 Å². The zero-order valence-electron chi connectivity index (χ0n) is 15.7. The van der Waals surface area contributed by atoms with Crippen LogP contribution in [0.3, 0.4) is 0 Å². The number of nitrogens with one attached hydrogen (secondary N) is 1. The summed E-state index contributed by atoms with van der Waals surface area (Å²) in [6, 6.07) is 15.9. The van der Waals surface area contributed by atoms with Crippen LogP contribution >= 0.6 is 0 Å². The van der Waals surface area contributed by atoms with Crippen molar-refractivity contribution >= 4 is 17.5 Å². The molecular weight excluding hydrogens is 358 g/mol. The van der Waals surface area contributed by atoms with Crippen molar-refractivity contribution in [3.63, 3.8) is 0 Å². The van der Waals surface area contributed by atoms with E-state index in [2.05, 4.69) is 5.32 Å². The third-order valence-corrected chi connectivity index (χ3v) is 4.48. The maximum atomic E-state index is 12.3. The van der Waals surface area contributed by atoms with Crippen LogP contribution in [0.5, 0.6) is 5.75 Å². The predicted molar refractivity (Wildman–Crippen MR) is 106 cm³/mol. The van der Waals surface area contributed by atoms with Gasteiger partial charge in [-0.1, -0.05) is 30.3 Å². The van der Waals surface area contributed by atoms with Gasteiger partial charge in [-0.15, -0.1) is 0 Å². The smallest absolute Gasteiger partial charge is 0.260 e. The summed E-state index contributed by atoms with van der Waals surface area (Å²) in [5.41, 5.74) is 7.63. The largest absolute Gasteiger partial charge is 0.484 e. The van der Waals surface area contributed by atoms with Crippen LogP contribution in [-0.2, 0) is 20.7 Å². The van der Waals surface area contributed by atoms with Gasteiger partial charge in [0.15, 0.2) is 6.61 Å². The molecular formula is C21H25N3O4. The zero-order chi connectivity index (χ0) is 19.8. The predicted octanol–water partition coefficient (Wildman–Crippen LogP) is 1.43. The lowest BCUT2D eigenvalue weighted by atomic mass is 10.1. The quantitative estimate of drug-likeness (QED) is 0.754. The molecule has 1 atom stereocenters. The van der Waals surface area contributed by atoms with Crippen LogP contribution in [0, 0.1) is 0 Å². The fourth-order valence-corrected chi connectivity index (χ4v) is 2.88. The number of nitrogens with zero attached hydrogens (tertiary/aromatic N) is 1. The van der Waals surface area contributed by atoms with Gasteiger partial charge in [0.2, 0.25) is 5.91 Å². The third-order valence-electron chi connectivity index (χ3n) is 4.48. The first-order valence-corrected chi connectivity index (χ1v) is 9.30. The summed E-state index contributed by atoms with van der Waals surface area (Å²) in [7, 11) is 0. The van der Waals surface area contributed by atoms with Crippen LogP contribution < -0.4 is 15.8 Å². The molecule has 0 bridgehead atoms. The molecule has 1 saturated heterocycles. The Hall–Kier alpha value is -2.90. The second-order valence-corrected chi connectivity index (χ2v) is 6.59. The second-order valence-electron chi connectivity index (χ2n) is 6.59. The molecule has 1 aliphatic rings. The van der Waals surface area contributed by atoms with Gasteiger partial charge in [-0.3, -0.25) is 9.59 Å². The number of rotatable bonds is 7. The first-order valence-electron chi connectivity index (χ1n) is 9.30. The fraction of sp³-hybridized carbons (Fsp3) is 0.333. The molecule has 7 nitrogen and oxygen atoms in total. The summed E-state index contributed by atoms with van der Waals surface area (Å²) in [6.07, 6.45) is 0.470. The molecule has 0 saturated carbocycles. The molecule has 0 spiro atoms. The van der Waals surface area contributed by atoms with Gasteiger partial charge < -0.3 is 25.4 Å². The highest BCUT2D eigenvalue weighted by molar-refractivity contribution is 5.94. The van der Waals surface area contributed by atoms with Gasteiger partial charge in [-0.25, -0.2) is 0 Å². The van der Waals surface area contributed by atoms with Crippen molar-refractivity contribution in [1.82, 2.24) is 4.90 Å². The first-order chi connectivity index (χ1) is 13.6. The maximum absolute atomic E-state index is 12.3. The number of carbonyl (C=O) groups excluding carboxylic acids is 2. The van der Waals surface area contributed by atoms with Crippen LogP contribution in [0.25, 0.3) is 0 Å². The molecule has 1 aliphatic heterocycles. The highest BCUT2D eigenvalue weighted by Crippen LogP contribution is 2.16. The van der Waals surface area contributed by atoms with Gasteiger partial charge in [0.05, 0.1) is 19.3 Å². The van der Waals surface area contributed by atoms with E-state index in [9.17, 15) is 9.59 Å². The molecule has 0 radical (unpaired) electrons. The Morgan fingerprint density at radius 3 is 2.43 bits per heavy atom. The van der Waals surface area contributed by atoms with Crippen molar-refractivity contribution in [1.29, 1.82) is 0 Å². The van der Waals surface area contributed by atoms with Gasteiger partial charge in [-0.2, -0.15) is 0 Å². The molecule has 1 heterocycles. The number of carbonyl (C=O) groups is 2. The zero-order valence-corrected chi connectivity index (χ0v) is 15.7. The monoisotopic (exact) mass is 383 g/mol. The molecule has 0 aromatic heterocycles. The number of hydrogen-bond donors (Lipinski definition) is 2. The summed E-state index contributed by atoms with van der Waals surface area (Å²) >= 11 is 0. The molecule has 3 rings (SSSR count). The van der Waals surface area contributed by atoms with E-state index in [1.807, 2.05) is 30.3 Å². The molecule has 2 aromatic rings. The second kappa shape index (κ2) is 9.87. The van der Waals surface area contributed by atoms with E-state index in [4.69, 9.17) is 15.2 Å². The van der Waals surface area contributed by atoms with Gasteiger partial charge >= 0.3 is 0 Å². The number of hydrogen-bond acceptors (Lipinski definition) is 5. The van der Waals surface area contributed by atoms with E-state index in [0.29, 0.717) is 44.2 Å². The Morgan fingerprint density at radius 2 is 1.75 bits per heavy atom. The Labute approximate surface area is 164 Å². The standard InChI is InChI=1S/C21H25N3O4/c22-19(14-16-4-2-1-3-5-16)21(26)23-17-6-8-18(9-7-17)28-15-20(25)24-10-12-27-13-11-24/h1-9,19H,10-15,22H2,(H,23,26). The fourth-order valence-electron chi connectivity index (χ4n) is 2.88. The summed E-state index contributed by atoms with van der Waals surface area (Å²) < 4.78 is 10.8. The van der Waals surface area contributed by atoms with E-state index in [1.54, 1.807) is 29.2 Å². The number of amides is 2. The third kappa shape index (κ3) is 5.80. The Balaban J connectivity index is 1.45. The number of anilines is 1. The van der Waals surface area contributed by atoms with Gasteiger partial charge in [0, 0.05) is 18.8 Å². The van der Waals surface area contributed by atoms with Gasteiger partial charge in [0.25, 0.3) is 5.91 Å². The first kappa shape index (κ1) is 19.9. The Kier molecular flexibility index (Phi) is 7.00. The number of ether oxygens (including phenoxy) is 2. The van der Waals surface area contributed by atoms with Crippen molar-refractivity contribution in [2.24, 2.45) is 5.73 Å². The Bertz CT molecular complexity index is 774. The molecule has 2 amide bonds. The molecule has 28 heavy (non-hydrogen) atoms. The van der Waals surface area contributed by atoms with Gasteiger partial charge in [-0.05, 0) is 36.2 Å². The molecule has 3 N–H and O–H groups in total. The lowest BCUT2D eigenvalue weighted by molar-refractivity contribution is -0.137. The van der Waals surface area contributed by atoms with Crippen molar-refractivity contribution in [3.8, 4) is 5.75 Å². The van der Waals surface area contributed by atoms with Crippen LogP contribution in [-0.4, -0.2) is 55.7 Å². The summed E-state index contributed by atoms with van der Waals surface area (Å²) in [5.74, 6) is 0.251. The highest BCUT2D eigenvalue weighted by Gasteiger charge is 2.17. The average molecular weight is 383 g/mol. The molecule has 1 fully saturated rings. The SMILES string of the molecule is NC(Cc1ccccc1)C(=O)Nc1ccc(OCC(=O)N2CCOCC2)cc1. The Morgan fingerprint density at radius 1 is 1.07 bits per heavy atom. The van der Waals surface area contributed by atoms with E-state index in [1.165, 1.54) is 0 Å². The van der Waals surface area contributed by atoms with Crippen LogP contribution in [0.1, 0.15) is 5.56 Å². The molecule has 7 heteroatoms. The number of morpholine rings is 1. The van der Waals surface area contributed by atoms with E-state index < -0.39 is 6.04 Å². The lowest BCUT2D eigenvalue weighted by Crippen LogP contribution is -2.42. The highest BCUT2D eigenvalue weighted by atomic mass is 16.5. The average Bonchev–Trinajstić information content (AvgIpc) is 2.74. The van der Waals surface area contributed by atoms with Gasteiger partial charge in [0.1, 0.15) is 5.75 Å². The van der Waals surface area contributed by atoms with Crippen molar-refractivity contribution in [2.45, 2.75) is 12.5 Å².